The third kappa shape index (κ3) is 2.85. The van der Waals surface area contributed by atoms with Gasteiger partial charge in [-0.2, -0.15) is 24.9 Å². The number of halogens is 5. The molecule has 0 spiro atoms. The predicted octanol–water partition coefficient (Wildman–Crippen LogP) is 4.70. The highest BCUT2D eigenvalue weighted by Crippen LogP contribution is 2.36. The lowest BCUT2D eigenvalue weighted by Gasteiger charge is -2.10. The molecule has 2 nitrogen and oxygen atoms in total. The molecule has 0 bridgehead atoms. The van der Waals surface area contributed by atoms with Crippen LogP contribution in [0, 0.1) is 5.82 Å². The van der Waals surface area contributed by atoms with Crippen molar-refractivity contribution in [3.05, 3.63) is 46.0 Å². The Bertz CT molecular complexity index is 718. The van der Waals surface area contributed by atoms with Gasteiger partial charge in [-0.25, -0.2) is 14.4 Å². The number of benzene rings is 1. The fraction of sp³-hybridized carbons (Fsp3) is 0.231. The van der Waals surface area contributed by atoms with Gasteiger partial charge in [-0.05, 0) is 18.2 Å². The lowest BCUT2D eigenvalue weighted by molar-refractivity contribution is -0.137. The summed E-state index contributed by atoms with van der Waals surface area (Å²) in [4.78, 5) is 8.18. The first-order valence-electron chi connectivity index (χ1n) is 5.86. The lowest BCUT2D eigenvalue weighted by atomic mass is 10.1. The Labute approximate surface area is 126 Å². The first-order valence-corrected chi connectivity index (χ1v) is 7.39. The first kappa shape index (κ1) is 14.6. The highest BCUT2D eigenvalue weighted by molar-refractivity contribution is 7.98. The molecule has 0 saturated heterocycles. The number of thioether (sulfide) groups is 1. The van der Waals surface area contributed by atoms with Gasteiger partial charge in [-0.1, -0.05) is 11.6 Å². The number of rotatable bonds is 1. The van der Waals surface area contributed by atoms with E-state index >= 15 is 0 Å². The van der Waals surface area contributed by atoms with Crippen LogP contribution in [0.3, 0.4) is 0 Å². The Kier molecular flexibility index (Phi) is 3.57. The van der Waals surface area contributed by atoms with E-state index in [1.54, 1.807) is 11.8 Å². The maximum absolute atomic E-state index is 13.4. The minimum atomic E-state index is -4.63. The Morgan fingerprint density at radius 1 is 1.10 bits per heavy atom. The third-order valence-electron chi connectivity index (χ3n) is 3.01. The molecule has 0 atom stereocenters. The van der Waals surface area contributed by atoms with E-state index in [4.69, 9.17) is 11.6 Å². The summed E-state index contributed by atoms with van der Waals surface area (Å²) < 4.78 is 51.6. The van der Waals surface area contributed by atoms with Gasteiger partial charge < -0.3 is 0 Å². The quantitative estimate of drug-likeness (QED) is 0.558. The van der Waals surface area contributed by atoms with Crippen LogP contribution in [0.1, 0.15) is 16.8 Å². The van der Waals surface area contributed by atoms with Gasteiger partial charge in [0, 0.05) is 22.6 Å². The van der Waals surface area contributed by atoms with Crippen molar-refractivity contribution in [1.29, 1.82) is 0 Å². The van der Waals surface area contributed by atoms with Crippen molar-refractivity contribution in [2.24, 2.45) is 0 Å². The second-order valence-electron chi connectivity index (χ2n) is 4.48. The number of alkyl halides is 3. The van der Waals surface area contributed by atoms with Crippen LogP contribution >= 0.6 is 23.4 Å². The molecule has 0 radical (unpaired) electrons. The summed E-state index contributed by atoms with van der Waals surface area (Å²) in [5.41, 5.74) is 0.363. The standard InChI is InChI=1S/C13H7ClF4N2S/c14-11-9-4-21-5-10(9)19-12(20-11)6-1-7(13(16,17)18)3-8(15)2-6/h1-3H,4-5H2. The van der Waals surface area contributed by atoms with Gasteiger partial charge in [0.25, 0.3) is 0 Å². The number of hydrogen-bond acceptors (Lipinski definition) is 3. The fourth-order valence-corrected chi connectivity index (χ4v) is 3.40. The van der Waals surface area contributed by atoms with Crippen LogP contribution in [0.4, 0.5) is 17.6 Å². The maximum Gasteiger partial charge on any atom is 0.416 e. The van der Waals surface area contributed by atoms with Gasteiger partial charge in [-0.15, -0.1) is 0 Å². The minimum Gasteiger partial charge on any atom is -0.232 e. The zero-order valence-corrected chi connectivity index (χ0v) is 11.9. The molecule has 1 aromatic carbocycles. The molecular weight excluding hydrogens is 328 g/mol. The molecule has 8 heteroatoms. The van der Waals surface area contributed by atoms with Crippen molar-refractivity contribution in [3.63, 3.8) is 0 Å². The summed E-state index contributed by atoms with van der Waals surface area (Å²) in [6, 6.07) is 2.23. The molecule has 1 aromatic heterocycles. The molecule has 0 fully saturated rings. The summed E-state index contributed by atoms with van der Waals surface area (Å²) in [5, 5.41) is 0.206. The number of nitrogens with zero attached hydrogens (tertiary/aromatic N) is 2. The van der Waals surface area contributed by atoms with E-state index < -0.39 is 17.6 Å². The number of aromatic nitrogens is 2. The Morgan fingerprint density at radius 2 is 1.86 bits per heavy atom. The molecule has 1 aliphatic heterocycles. The summed E-state index contributed by atoms with van der Waals surface area (Å²) in [5.74, 6) is 0.304. The molecule has 0 unspecified atom stereocenters. The number of fused-ring (bicyclic) bond motifs is 1. The molecule has 0 N–H and O–H groups in total. The van der Waals surface area contributed by atoms with Gasteiger partial charge >= 0.3 is 6.18 Å². The lowest BCUT2D eigenvalue weighted by Crippen LogP contribution is -2.06. The van der Waals surface area contributed by atoms with Crippen LogP contribution in [0.15, 0.2) is 18.2 Å². The van der Waals surface area contributed by atoms with Crippen molar-refractivity contribution >= 4 is 23.4 Å². The molecule has 21 heavy (non-hydrogen) atoms. The zero-order valence-electron chi connectivity index (χ0n) is 10.3. The van der Waals surface area contributed by atoms with E-state index in [1.165, 1.54) is 0 Å². The predicted molar refractivity (Wildman–Crippen MR) is 72.4 cm³/mol. The van der Waals surface area contributed by atoms with E-state index in [-0.39, 0.29) is 16.5 Å². The molecule has 1 aliphatic rings. The monoisotopic (exact) mass is 334 g/mol. The van der Waals surface area contributed by atoms with Crippen molar-refractivity contribution in [2.45, 2.75) is 17.7 Å². The van der Waals surface area contributed by atoms with E-state index in [9.17, 15) is 17.6 Å². The maximum atomic E-state index is 13.4. The fourth-order valence-electron chi connectivity index (χ4n) is 2.02. The minimum absolute atomic E-state index is 0.00579. The molecular formula is C13H7ClF4N2S. The molecule has 2 aromatic rings. The van der Waals surface area contributed by atoms with Crippen LogP contribution in [-0.2, 0) is 17.7 Å². The Morgan fingerprint density at radius 3 is 2.57 bits per heavy atom. The topological polar surface area (TPSA) is 25.8 Å². The van der Waals surface area contributed by atoms with Gasteiger partial charge in [0.05, 0.1) is 11.3 Å². The van der Waals surface area contributed by atoms with Crippen molar-refractivity contribution in [2.75, 3.05) is 0 Å². The van der Waals surface area contributed by atoms with Crippen LogP contribution in [-0.4, -0.2) is 9.97 Å². The van der Waals surface area contributed by atoms with Crippen molar-refractivity contribution in [1.82, 2.24) is 9.97 Å². The Balaban J connectivity index is 2.13. The van der Waals surface area contributed by atoms with Gasteiger partial charge in [0.15, 0.2) is 5.82 Å². The van der Waals surface area contributed by atoms with E-state index in [1.807, 2.05) is 0 Å². The molecule has 3 rings (SSSR count). The van der Waals surface area contributed by atoms with E-state index in [0.717, 1.165) is 17.7 Å². The van der Waals surface area contributed by atoms with Crippen LogP contribution in [0.2, 0.25) is 5.15 Å². The molecule has 0 aliphatic carbocycles. The normalized spacial score (nSPS) is 14.3. The van der Waals surface area contributed by atoms with Gasteiger partial charge in [0.2, 0.25) is 0 Å². The highest BCUT2D eigenvalue weighted by Gasteiger charge is 2.32. The summed E-state index contributed by atoms with van der Waals surface area (Å²) >= 11 is 7.60. The summed E-state index contributed by atoms with van der Waals surface area (Å²) in [6.45, 7) is 0. The number of hydrogen-bond donors (Lipinski definition) is 0. The highest BCUT2D eigenvalue weighted by atomic mass is 35.5. The summed E-state index contributed by atoms with van der Waals surface area (Å²) in [7, 11) is 0. The zero-order chi connectivity index (χ0) is 15.2. The smallest absolute Gasteiger partial charge is 0.232 e. The average molecular weight is 335 g/mol. The second kappa shape index (κ2) is 5.14. The van der Waals surface area contributed by atoms with Crippen LogP contribution < -0.4 is 0 Å². The van der Waals surface area contributed by atoms with Crippen LogP contribution in [0.25, 0.3) is 11.4 Å². The molecule has 0 amide bonds. The third-order valence-corrected chi connectivity index (χ3v) is 4.29. The van der Waals surface area contributed by atoms with Gasteiger partial charge in [0.1, 0.15) is 11.0 Å². The first-order chi connectivity index (χ1) is 9.84. The van der Waals surface area contributed by atoms with E-state index in [2.05, 4.69) is 9.97 Å². The molecule has 0 saturated carbocycles. The molecule has 110 valence electrons. The Hall–Kier alpha value is -1.34. The van der Waals surface area contributed by atoms with Crippen molar-refractivity contribution < 1.29 is 17.6 Å². The van der Waals surface area contributed by atoms with Crippen molar-refractivity contribution in [3.8, 4) is 11.4 Å². The molecule has 2 heterocycles. The second-order valence-corrected chi connectivity index (χ2v) is 5.83. The average Bonchev–Trinajstić information content (AvgIpc) is 2.85. The largest absolute Gasteiger partial charge is 0.416 e. The van der Waals surface area contributed by atoms with Crippen LogP contribution in [0.5, 0.6) is 0 Å². The summed E-state index contributed by atoms with van der Waals surface area (Å²) in [6.07, 6.45) is -4.63. The van der Waals surface area contributed by atoms with Gasteiger partial charge in [-0.3, -0.25) is 0 Å². The van der Waals surface area contributed by atoms with E-state index in [0.29, 0.717) is 23.3 Å². The SMILES string of the molecule is Fc1cc(-c2nc(Cl)c3c(n2)CSC3)cc(C(F)(F)F)c1.